The second-order valence-corrected chi connectivity index (χ2v) is 7.61. The van der Waals surface area contributed by atoms with Crippen molar-refractivity contribution in [2.45, 2.75) is 13.5 Å². The summed E-state index contributed by atoms with van der Waals surface area (Å²) >= 11 is 1.58. The van der Waals surface area contributed by atoms with Crippen LogP contribution in [-0.2, 0) is 13.6 Å². The van der Waals surface area contributed by atoms with E-state index < -0.39 is 0 Å². The van der Waals surface area contributed by atoms with Crippen LogP contribution in [0.5, 0.6) is 0 Å². The zero-order valence-electron chi connectivity index (χ0n) is 16.5. The minimum Gasteiger partial charge on any atom is -0.281 e. The van der Waals surface area contributed by atoms with Crippen molar-refractivity contribution in [3.05, 3.63) is 94.7 Å². The Morgan fingerprint density at radius 3 is 2.41 bits per heavy atom. The molecular formula is C23H23N4OS+. The molecule has 4 aromatic rings. The first-order chi connectivity index (χ1) is 14.1. The highest BCUT2D eigenvalue weighted by molar-refractivity contribution is 7.13. The van der Waals surface area contributed by atoms with Gasteiger partial charge in [0.1, 0.15) is 12.2 Å². The van der Waals surface area contributed by atoms with E-state index in [1.165, 1.54) is 0 Å². The van der Waals surface area contributed by atoms with Gasteiger partial charge in [0.05, 0.1) is 11.4 Å². The Balaban J connectivity index is 1.79. The Labute approximate surface area is 173 Å². The molecule has 0 spiro atoms. The summed E-state index contributed by atoms with van der Waals surface area (Å²) < 4.78 is 5.70. The van der Waals surface area contributed by atoms with Crippen molar-refractivity contribution in [1.82, 2.24) is 9.36 Å². The number of allylic oxidation sites excluding steroid dienone is 1. The van der Waals surface area contributed by atoms with Crippen LogP contribution in [0.2, 0.25) is 0 Å². The third-order valence-electron chi connectivity index (χ3n) is 4.99. The largest absolute Gasteiger partial charge is 0.339 e. The summed E-state index contributed by atoms with van der Waals surface area (Å²) in [6, 6.07) is 19.9. The summed E-state index contributed by atoms with van der Waals surface area (Å²) in [5.74, 6) is 0. The molecule has 2 heterocycles. The van der Waals surface area contributed by atoms with Crippen LogP contribution in [0.3, 0.4) is 0 Å². The SMILES string of the molecule is C=CC[n+]1c(-c2ccccc2)csc1Nc1c(C)n(C)n(-c2ccccc2)c1=O. The van der Waals surface area contributed by atoms with Crippen LogP contribution in [0.1, 0.15) is 5.69 Å². The fourth-order valence-electron chi connectivity index (χ4n) is 3.41. The molecular weight excluding hydrogens is 380 g/mol. The molecule has 0 amide bonds. The van der Waals surface area contributed by atoms with E-state index in [0.717, 1.165) is 27.8 Å². The van der Waals surface area contributed by atoms with Crippen molar-refractivity contribution in [1.29, 1.82) is 0 Å². The Bertz CT molecular complexity index is 1200. The molecule has 4 rings (SSSR count). The second kappa shape index (κ2) is 7.93. The molecule has 0 atom stereocenters. The van der Waals surface area contributed by atoms with Gasteiger partial charge in [-0.15, -0.1) is 0 Å². The Morgan fingerprint density at radius 1 is 1.10 bits per heavy atom. The van der Waals surface area contributed by atoms with Gasteiger partial charge in [-0.25, -0.2) is 14.6 Å². The lowest BCUT2D eigenvalue weighted by Gasteiger charge is -2.06. The first kappa shape index (κ1) is 19.0. The van der Waals surface area contributed by atoms with Gasteiger partial charge in [0.2, 0.25) is 5.69 Å². The van der Waals surface area contributed by atoms with E-state index in [0.29, 0.717) is 12.2 Å². The molecule has 0 unspecified atom stereocenters. The average Bonchev–Trinajstić information content (AvgIpc) is 3.24. The number of benzene rings is 2. The van der Waals surface area contributed by atoms with Crippen LogP contribution < -0.4 is 15.4 Å². The van der Waals surface area contributed by atoms with Gasteiger partial charge in [0.15, 0.2) is 0 Å². The highest BCUT2D eigenvalue weighted by atomic mass is 32.1. The van der Waals surface area contributed by atoms with Crippen molar-refractivity contribution in [2.24, 2.45) is 7.05 Å². The van der Waals surface area contributed by atoms with E-state index in [-0.39, 0.29) is 5.56 Å². The fraction of sp³-hybridized carbons (Fsp3) is 0.130. The maximum Gasteiger partial charge on any atom is 0.339 e. The number of hydrogen-bond acceptors (Lipinski definition) is 3. The van der Waals surface area contributed by atoms with E-state index in [1.54, 1.807) is 16.0 Å². The van der Waals surface area contributed by atoms with Crippen LogP contribution in [-0.4, -0.2) is 9.36 Å². The first-order valence-electron chi connectivity index (χ1n) is 9.40. The van der Waals surface area contributed by atoms with Gasteiger partial charge < -0.3 is 0 Å². The van der Waals surface area contributed by atoms with Crippen LogP contribution in [0.15, 0.2) is 83.5 Å². The monoisotopic (exact) mass is 403 g/mol. The molecule has 6 heteroatoms. The summed E-state index contributed by atoms with van der Waals surface area (Å²) in [6.45, 7) is 6.50. The molecule has 0 saturated heterocycles. The van der Waals surface area contributed by atoms with Gasteiger partial charge in [-0.3, -0.25) is 9.48 Å². The highest BCUT2D eigenvalue weighted by Gasteiger charge is 2.24. The molecule has 0 aliphatic carbocycles. The molecule has 0 fully saturated rings. The van der Waals surface area contributed by atoms with Gasteiger partial charge >= 0.3 is 10.7 Å². The van der Waals surface area contributed by atoms with E-state index in [1.807, 2.05) is 73.3 Å². The molecule has 2 aromatic heterocycles. The lowest BCUT2D eigenvalue weighted by molar-refractivity contribution is -0.657. The summed E-state index contributed by atoms with van der Waals surface area (Å²) in [5.41, 5.74) is 4.44. The molecule has 0 radical (unpaired) electrons. The quantitative estimate of drug-likeness (QED) is 0.382. The number of rotatable bonds is 6. The predicted molar refractivity (Wildman–Crippen MR) is 119 cm³/mol. The summed E-state index contributed by atoms with van der Waals surface area (Å²) in [5, 5.41) is 6.40. The molecule has 0 aliphatic rings. The number of para-hydroxylation sites is 1. The van der Waals surface area contributed by atoms with Gasteiger partial charge in [-0.2, -0.15) is 0 Å². The average molecular weight is 404 g/mol. The molecule has 146 valence electrons. The molecule has 29 heavy (non-hydrogen) atoms. The van der Waals surface area contributed by atoms with Crippen molar-refractivity contribution >= 4 is 22.2 Å². The molecule has 0 saturated carbocycles. The topological polar surface area (TPSA) is 42.8 Å². The van der Waals surface area contributed by atoms with E-state index >= 15 is 0 Å². The maximum atomic E-state index is 13.2. The molecule has 0 bridgehead atoms. The van der Waals surface area contributed by atoms with Crippen molar-refractivity contribution in [3.63, 3.8) is 0 Å². The van der Waals surface area contributed by atoms with Crippen LogP contribution in [0.25, 0.3) is 16.9 Å². The van der Waals surface area contributed by atoms with Gasteiger partial charge in [-0.05, 0) is 19.1 Å². The Hall–Kier alpha value is -3.38. The number of nitrogens with one attached hydrogen (secondary N) is 1. The minimum absolute atomic E-state index is 0.0731. The standard InChI is InChI=1S/C23H22N4OS/c1-4-15-26-20(18-11-7-5-8-12-18)16-29-23(26)24-21-17(2)25(3)27(22(21)28)19-13-9-6-10-14-19/h4-14,16H,1,15H2,2-3H3/p+1. The van der Waals surface area contributed by atoms with Gasteiger partial charge in [0.25, 0.3) is 0 Å². The van der Waals surface area contributed by atoms with Crippen molar-refractivity contribution < 1.29 is 4.57 Å². The lowest BCUT2D eigenvalue weighted by atomic mass is 10.2. The third-order valence-corrected chi connectivity index (χ3v) is 5.87. The van der Waals surface area contributed by atoms with Crippen molar-refractivity contribution in [2.75, 3.05) is 5.32 Å². The van der Waals surface area contributed by atoms with Crippen molar-refractivity contribution in [3.8, 4) is 16.9 Å². The Morgan fingerprint density at radius 2 is 1.76 bits per heavy atom. The molecule has 5 nitrogen and oxygen atoms in total. The molecule has 0 aliphatic heterocycles. The van der Waals surface area contributed by atoms with E-state index in [2.05, 4.69) is 34.0 Å². The van der Waals surface area contributed by atoms with E-state index in [4.69, 9.17) is 0 Å². The summed E-state index contributed by atoms with van der Waals surface area (Å²) in [6.07, 6.45) is 1.87. The number of thiazole rings is 1. The highest BCUT2D eigenvalue weighted by Crippen LogP contribution is 2.26. The van der Waals surface area contributed by atoms with E-state index in [9.17, 15) is 4.79 Å². The van der Waals surface area contributed by atoms with Crippen LogP contribution >= 0.6 is 11.3 Å². The summed E-state index contributed by atoms with van der Waals surface area (Å²) in [4.78, 5) is 13.2. The smallest absolute Gasteiger partial charge is 0.281 e. The fourth-order valence-corrected chi connectivity index (χ4v) is 4.36. The molecule has 1 N–H and O–H groups in total. The minimum atomic E-state index is -0.0731. The Kier molecular flexibility index (Phi) is 5.18. The number of aromatic nitrogens is 3. The van der Waals surface area contributed by atoms with Crippen LogP contribution in [0.4, 0.5) is 10.8 Å². The third kappa shape index (κ3) is 3.43. The number of nitrogens with zero attached hydrogens (tertiary/aromatic N) is 3. The van der Waals surface area contributed by atoms with Gasteiger partial charge in [0, 0.05) is 18.0 Å². The maximum absolute atomic E-state index is 13.2. The number of hydrogen-bond donors (Lipinski definition) is 1. The zero-order valence-corrected chi connectivity index (χ0v) is 17.3. The lowest BCUT2D eigenvalue weighted by Crippen LogP contribution is -2.36. The molecule has 2 aromatic carbocycles. The zero-order chi connectivity index (χ0) is 20.4. The second-order valence-electron chi connectivity index (χ2n) is 6.75. The first-order valence-corrected chi connectivity index (χ1v) is 10.3. The van der Waals surface area contributed by atoms with Gasteiger partial charge in [-0.1, -0.05) is 72.5 Å². The normalized spacial score (nSPS) is 10.8. The predicted octanol–water partition coefficient (Wildman–Crippen LogP) is 4.43. The number of anilines is 2. The van der Waals surface area contributed by atoms with Crippen LogP contribution in [0, 0.1) is 6.92 Å². The summed E-state index contributed by atoms with van der Waals surface area (Å²) in [7, 11) is 1.90.